The van der Waals surface area contributed by atoms with Gasteiger partial charge >= 0.3 is 0 Å². The van der Waals surface area contributed by atoms with E-state index < -0.39 is 0 Å². The lowest BCUT2D eigenvalue weighted by molar-refractivity contribution is 0.0746. The quantitative estimate of drug-likeness (QED) is 0.677. The fraction of sp³-hybridized carbons (Fsp3) is 0.316. The lowest BCUT2D eigenvalue weighted by Crippen LogP contribution is -2.48. The Balaban J connectivity index is 1.32. The standard InChI is InChI=1S/C19H21N5O2S/c1-22-8-6-20-17(22)14-26-16-4-2-15(3-5-16)18(25)23-9-11-24(12-10-23)19-21-7-13-27-19/h2-8,13H,9-12,14H2,1H3. The summed E-state index contributed by atoms with van der Waals surface area (Å²) >= 11 is 1.63. The second kappa shape index (κ2) is 7.79. The number of ether oxygens (including phenoxy) is 1. The molecule has 1 aliphatic heterocycles. The topological polar surface area (TPSA) is 63.5 Å². The van der Waals surface area contributed by atoms with Crippen LogP contribution in [0.1, 0.15) is 16.2 Å². The first-order valence-corrected chi connectivity index (χ1v) is 9.71. The molecule has 3 aromatic rings. The van der Waals surface area contributed by atoms with Gasteiger partial charge in [0.05, 0.1) is 0 Å². The highest BCUT2D eigenvalue weighted by atomic mass is 32.1. The number of carbonyl (C=O) groups is 1. The van der Waals surface area contributed by atoms with E-state index in [9.17, 15) is 4.79 Å². The van der Waals surface area contributed by atoms with Gasteiger partial charge in [-0.1, -0.05) is 0 Å². The first kappa shape index (κ1) is 17.5. The second-order valence-corrected chi connectivity index (χ2v) is 7.23. The zero-order valence-electron chi connectivity index (χ0n) is 15.1. The van der Waals surface area contributed by atoms with E-state index >= 15 is 0 Å². The first-order valence-electron chi connectivity index (χ1n) is 8.83. The average molecular weight is 383 g/mol. The Bertz CT molecular complexity index is 883. The maximum absolute atomic E-state index is 12.7. The number of thiazole rings is 1. The number of hydrogen-bond acceptors (Lipinski definition) is 6. The van der Waals surface area contributed by atoms with E-state index in [2.05, 4.69) is 14.9 Å². The lowest BCUT2D eigenvalue weighted by Gasteiger charge is -2.34. The van der Waals surface area contributed by atoms with Gasteiger partial charge in [0.1, 0.15) is 18.2 Å². The highest BCUT2D eigenvalue weighted by Crippen LogP contribution is 2.20. The van der Waals surface area contributed by atoms with E-state index in [1.807, 2.05) is 58.6 Å². The fourth-order valence-corrected chi connectivity index (χ4v) is 3.73. The molecule has 0 spiro atoms. The molecule has 4 rings (SSSR count). The van der Waals surface area contributed by atoms with Gasteiger partial charge in [-0.25, -0.2) is 9.97 Å². The number of anilines is 1. The van der Waals surface area contributed by atoms with E-state index in [4.69, 9.17) is 4.74 Å². The Morgan fingerprint density at radius 1 is 1.11 bits per heavy atom. The molecule has 1 aromatic carbocycles. The highest BCUT2D eigenvalue weighted by Gasteiger charge is 2.23. The summed E-state index contributed by atoms with van der Waals surface area (Å²) < 4.78 is 7.67. The molecule has 0 radical (unpaired) electrons. The molecule has 0 N–H and O–H groups in total. The number of benzene rings is 1. The molecule has 1 aliphatic rings. The van der Waals surface area contributed by atoms with Crippen molar-refractivity contribution in [3.05, 3.63) is 59.6 Å². The van der Waals surface area contributed by atoms with Crippen LogP contribution in [0.4, 0.5) is 5.13 Å². The van der Waals surface area contributed by atoms with Crippen LogP contribution in [-0.4, -0.2) is 51.5 Å². The van der Waals surface area contributed by atoms with Crippen LogP contribution in [0.15, 0.2) is 48.2 Å². The predicted octanol–water partition coefficient (Wildman–Crippen LogP) is 2.42. The van der Waals surface area contributed by atoms with E-state index in [1.165, 1.54) is 0 Å². The summed E-state index contributed by atoms with van der Waals surface area (Å²) in [4.78, 5) is 25.4. The second-order valence-electron chi connectivity index (χ2n) is 6.36. The number of hydrogen-bond donors (Lipinski definition) is 0. The molecular formula is C19H21N5O2S. The van der Waals surface area contributed by atoms with E-state index in [-0.39, 0.29) is 5.91 Å². The largest absolute Gasteiger partial charge is 0.486 e. The van der Waals surface area contributed by atoms with Crippen LogP contribution in [0.25, 0.3) is 0 Å². The van der Waals surface area contributed by atoms with Crippen molar-refractivity contribution < 1.29 is 9.53 Å². The minimum absolute atomic E-state index is 0.0597. The Kier molecular flexibility index (Phi) is 5.06. The van der Waals surface area contributed by atoms with Crippen LogP contribution in [0, 0.1) is 0 Å². The molecule has 0 bridgehead atoms. The monoisotopic (exact) mass is 383 g/mol. The fourth-order valence-electron chi connectivity index (χ4n) is 3.03. The molecule has 0 saturated carbocycles. The van der Waals surface area contributed by atoms with E-state index in [0.717, 1.165) is 29.8 Å². The van der Waals surface area contributed by atoms with Gasteiger partial charge in [-0.3, -0.25) is 4.79 Å². The van der Waals surface area contributed by atoms with Gasteiger partial charge in [0.2, 0.25) is 0 Å². The van der Waals surface area contributed by atoms with Crippen molar-refractivity contribution in [2.24, 2.45) is 7.05 Å². The molecule has 0 unspecified atom stereocenters. The molecule has 1 saturated heterocycles. The summed E-state index contributed by atoms with van der Waals surface area (Å²) in [5.41, 5.74) is 0.682. The van der Waals surface area contributed by atoms with Crippen LogP contribution in [0.2, 0.25) is 0 Å². The summed E-state index contributed by atoms with van der Waals surface area (Å²) in [6.07, 6.45) is 5.44. The number of rotatable bonds is 5. The molecule has 0 atom stereocenters. The minimum Gasteiger partial charge on any atom is -0.486 e. The van der Waals surface area contributed by atoms with Crippen LogP contribution < -0.4 is 9.64 Å². The van der Waals surface area contributed by atoms with Gasteiger partial charge in [-0.15, -0.1) is 11.3 Å². The van der Waals surface area contributed by atoms with Gasteiger partial charge < -0.3 is 19.1 Å². The normalized spacial score (nSPS) is 14.4. The number of piperazine rings is 1. The maximum atomic E-state index is 12.7. The van der Waals surface area contributed by atoms with E-state index in [1.54, 1.807) is 17.5 Å². The number of aryl methyl sites for hydroxylation is 1. The molecular weight excluding hydrogens is 362 g/mol. The van der Waals surface area contributed by atoms with Gasteiger partial charge in [-0.2, -0.15) is 0 Å². The van der Waals surface area contributed by atoms with E-state index in [0.29, 0.717) is 25.3 Å². The Morgan fingerprint density at radius 2 is 1.89 bits per heavy atom. The molecule has 1 fully saturated rings. The van der Waals surface area contributed by atoms with Crippen molar-refractivity contribution in [2.75, 3.05) is 31.1 Å². The zero-order valence-corrected chi connectivity index (χ0v) is 15.9. The van der Waals surface area contributed by atoms with Gasteiger partial charge in [0, 0.05) is 62.8 Å². The zero-order chi connectivity index (χ0) is 18.6. The number of carbonyl (C=O) groups excluding carboxylic acids is 1. The lowest BCUT2D eigenvalue weighted by atomic mass is 10.1. The van der Waals surface area contributed by atoms with Gasteiger partial charge in [-0.05, 0) is 24.3 Å². The maximum Gasteiger partial charge on any atom is 0.253 e. The van der Waals surface area contributed by atoms with Crippen LogP contribution >= 0.6 is 11.3 Å². The van der Waals surface area contributed by atoms with Crippen LogP contribution in [0.3, 0.4) is 0 Å². The van der Waals surface area contributed by atoms with Gasteiger partial charge in [0.25, 0.3) is 5.91 Å². The summed E-state index contributed by atoms with van der Waals surface area (Å²) in [6, 6.07) is 7.32. The van der Waals surface area contributed by atoms with Crippen molar-refractivity contribution in [1.82, 2.24) is 19.4 Å². The third-order valence-electron chi connectivity index (χ3n) is 4.65. The van der Waals surface area contributed by atoms with Crippen molar-refractivity contribution in [1.29, 1.82) is 0 Å². The molecule has 27 heavy (non-hydrogen) atoms. The first-order chi connectivity index (χ1) is 13.2. The third-order valence-corrected chi connectivity index (χ3v) is 5.48. The number of imidazole rings is 1. The van der Waals surface area contributed by atoms with Crippen molar-refractivity contribution in [2.45, 2.75) is 6.61 Å². The van der Waals surface area contributed by atoms with Crippen LogP contribution in [0.5, 0.6) is 5.75 Å². The predicted molar refractivity (Wildman–Crippen MR) is 104 cm³/mol. The SMILES string of the molecule is Cn1ccnc1COc1ccc(C(=O)N2CCN(c3nccs3)CC2)cc1. The average Bonchev–Trinajstić information content (AvgIpc) is 3.38. The summed E-state index contributed by atoms with van der Waals surface area (Å²) in [5.74, 6) is 1.64. The summed E-state index contributed by atoms with van der Waals surface area (Å²) in [6.45, 7) is 3.43. The Labute approximate surface area is 161 Å². The molecule has 3 heterocycles. The smallest absolute Gasteiger partial charge is 0.253 e. The number of aromatic nitrogens is 3. The van der Waals surface area contributed by atoms with Crippen molar-refractivity contribution >= 4 is 22.4 Å². The summed E-state index contributed by atoms with van der Waals surface area (Å²) in [5, 5.41) is 3.00. The molecule has 0 aliphatic carbocycles. The molecule has 2 aromatic heterocycles. The minimum atomic E-state index is 0.0597. The molecule has 8 heteroatoms. The highest BCUT2D eigenvalue weighted by molar-refractivity contribution is 7.13. The van der Waals surface area contributed by atoms with Gasteiger partial charge in [0.15, 0.2) is 5.13 Å². The molecule has 1 amide bonds. The van der Waals surface area contributed by atoms with Crippen LogP contribution in [-0.2, 0) is 13.7 Å². The Hall–Kier alpha value is -2.87. The molecule has 7 nitrogen and oxygen atoms in total. The number of amides is 1. The third kappa shape index (κ3) is 3.95. The Morgan fingerprint density at radius 3 is 2.52 bits per heavy atom. The molecule has 140 valence electrons. The van der Waals surface area contributed by atoms with Crippen molar-refractivity contribution in [3.63, 3.8) is 0 Å². The van der Waals surface area contributed by atoms with Crippen molar-refractivity contribution in [3.8, 4) is 5.75 Å². The number of nitrogens with zero attached hydrogens (tertiary/aromatic N) is 5. The summed E-state index contributed by atoms with van der Waals surface area (Å²) in [7, 11) is 1.93.